The van der Waals surface area contributed by atoms with Crippen LogP contribution in [-0.4, -0.2) is 25.7 Å². The Bertz CT molecular complexity index is 342. The molecular weight excluding hydrogens is 197 g/mol. The summed E-state index contributed by atoms with van der Waals surface area (Å²) in [5, 5.41) is 1.72. The minimum atomic E-state index is -0.446. The zero-order valence-corrected chi connectivity index (χ0v) is 9.17. The first kappa shape index (κ1) is 11.6. The van der Waals surface area contributed by atoms with E-state index in [0.717, 1.165) is 0 Å². The molecule has 0 bridgehead atoms. The maximum absolute atomic E-state index is 13.3. The van der Waals surface area contributed by atoms with Gasteiger partial charge in [-0.15, -0.1) is 0 Å². The van der Waals surface area contributed by atoms with E-state index in [4.69, 9.17) is 10.5 Å². The lowest BCUT2D eigenvalue weighted by atomic mass is 10.2. The molecule has 4 nitrogen and oxygen atoms in total. The lowest BCUT2D eigenvalue weighted by Gasteiger charge is -2.16. The highest BCUT2D eigenvalue weighted by Crippen LogP contribution is 2.28. The van der Waals surface area contributed by atoms with Crippen molar-refractivity contribution in [1.29, 1.82) is 0 Å². The molecule has 0 atom stereocenters. The maximum Gasteiger partial charge on any atom is 0.167 e. The molecule has 0 unspecified atom stereocenters. The van der Waals surface area contributed by atoms with Gasteiger partial charge < -0.3 is 15.9 Å². The molecule has 0 aromatic heterocycles. The number of nitrogens with zero attached hydrogens (tertiary/aromatic N) is 1. The number of nitrogens with one attached hydrogen (secondary N) is 1. The number of rotatable bonds is 4. The lowest BCUT2D eigenvalue weighted by Crippen LogP contribution is -2.20. The van der Waals surface area contributed by atoms with Gasteiger partial charge in [-0.05, 0) is 6.92 Å². The zero-order valence-electron chi connectivity index (χ0n) is 9.17. The van der Waals surface area contributed by atoms with Crippen molar-refractivity contribution in [2.75, 3.05) is 31.9 Å². The molecule has 1 rings (SSSR count). The van der Waals surface area contributed by atoms with Gasteiger partial charge in [0.05, 0.1) is 18.0 Å². The molecule has 3 N–H and O–H groups in total. The molecule has 1 aromatic carbocycles. The Balaban J connectivity index is 3.00. The Morgan fingerprint density at radius 3 is 2.67 bits per heavy atom. The van der Waals surface area contributed by atoms with Crippen LogP contribution < -0.4 is 15.9 Å². The SMILES string of the molecule is CCOc1cc(NN(C)C)c(N)cc1F. The van der Waals surface area contributed by atoms with Gasteiger partial charge in [0.1, 0.15) is 0 Å². The average molecular weight is 213 g/mol. The molecule has 0 fully saturated rings. The summed E-state index contributed by atoms with van der Waals surface area (Å²) in [4.78, 5) is 0. The smallest absolute Gasteiger partial charge is 0.167 e. The van der Waals surface area contributed by atoms with Crippen molar-refractivity contribution in [3.8, 4) is 5.75 Å². The fourth-order valence-corrected chi connectivity index (χ4v) is 1.17. The third-order valence-electron chi connectivity index (χ3n) is 1.75. The molecule has 0 saturated carbocycles. The van der Waals surface area contributed by atoms with Crippen LogP contribution in [0.4, 0.5) is 15.8 Å². The van der Waals surface area contributed by atoms with E-state index < -0.39 is 5.82 Å². The van der Waals surface area contributed by atoms with Crippen molar-refractivity contribution in [3.05, 3.63) is 17.9 Å². The number of benzene rings is 1. The monoisotopic (exact) mass is 213 g/mol. The van der Waals surface area contributed by atoms with Gasteiger partial charge in [0, 0.05) is 26.2 Å². The van der Waals surface area contributed by atoms with Crippen LogP contribution in [0, 0.1) is 5.82 Å². The van der Waals surface area contributed by atoms with Gasteiger partial charge in [-0.1, -0.05) is 0 Å². The van der Waals surface area contributed by atoms with Crippen molar-refractivity contribution in [1.82, 2.24) is 5.01 Å². The summed E-state index contributed by atoms with van der Waals surface area (Å²) in [7, 11) is 3.65. The summed E-state index contributed by atoms with van der Waals surface area (Å²) in [6, 6.07) is 2.80. The minimum absolute atomic E-state index is 0.205. The van der Waals surface area contributed by atoms with Crippen LogP contribution in [0.15, 0.2) is 12.1 Å². The first-order chi connectivity index (χ1) is 7.04. The molecule has 0 heterocycles. The second-order valence-electron chi connectivity index (χ2n) is 3.31. The molecule has 5 heteroatoms. The van der Waals surface area contributed by atoms with Gasteiger partial charge in [0.2, 0.25) is 0 Å². The number of hydrogen-bond acceptors (Lipinski definition) is 4. The predicted molar refractivity (Wildman–Crippen MR) is 59.3 cm³/mol. The van der Waals surface area contributed by atoms with E-state index in [2.05, 4.69) is 5.43 Å². The van der Waals surface area contributed by atoms with Gasteiger partial charge in [-0.3, -0.25) is 0 Å². The summed E-state index contributed by atoms with van der Waals surface area (Å²) < 4.78 is 18.4. The Morgan fingerprint density at radius 2 is 2.13 bits per heavy atom. The second-order valence-corrected chi connectivity index (χ2v) is 3.31. The molecule has 15 heavy (non-hydrogen) atoms. The van der Waals surface area contributed by atoms with Crippen molar-refractivity contribution < 1.29 is 9.13 Å². The summed E-state index contributed by atoms with van der Waals surface area (Å²) in [5.74, 6) is -0.241. The first-order valence-electron chi connectivity index (χ1n) is 4.70. The van der Waals surface area contributed by atoms with Crippen molar-refractivity contribution in [3.63, 3.8) is 0 Å². The van der Waals surface area contributed by atoms with Crippen molar-refractivity contribution in [2.24, 2.45) is 0 Å². The molecule has 0 aliphatic heterocycles. The molecule has 84 valence electrons. The van der Waals surface area contributed by atoms with E-state index in [1.807, 2.05) is 14.1 Å². The van der Waals surface area contributed by atoms with Gasteiger partial charge >= 0.3 is 0 Å². The van der Waals surface area contributed by atoms with E-state index in [1.54, 1.807) is 18.0 Å². The Hall–Kier alpha value is -1.49. The molecular formula is C10H16FN3O. The number of nitrogen functional groups attached to an aromatic ring is 1. The summed E-state index contributed by atoms with van der Waals surface area (Å²) in [6.07, 6.45) is 0. The van der Waals surface area contributed by atoms with Crippen LogP contribution >= 0.6 is 0 Å². The van der Waals surface area contributed by atoms with Crippen molar-refractivity contribution >= 4 is 11.4 Å². The number of hydrogen-bond donors (Lipinski definition) is 2. The number of nitrogens with two attached hydrogens (primary N) is 1. The Morgan fingerprint density at radius 1 is 1.47 bits per heavy atom. The topological polar surface area (TPSA) is 50.5 Å². The van der Waals surface area contributed by atoms with Crippen LogP contribution in [0.25, 0.3) is 0 Å². The van der Waals surface area contributed by atoms with E-state index in [9.17, 15) is 4.39 Å². The van der Waals surface area contributed by atoms with E-state index >= 15 is 0 Å². The molecule has 0 radical (unpaired) electrons. The number of hydrazine groups is 1. The quantitative estimate of drug-likeness (QED) is 0.590. The summed E-state index contributed by atoms with van der Waals surface area (Å²) in [6.45, 7) is 2.22. The highest BCUT2D eigenvalue weighted by molar-refractivity contribution is 5.68. The largest absolute Gasteiger partial charge is 0.491 e. The number of halogens is 1. The number of ether oxygens (including phenoxy) is 1. The highest BCUT2D eigenvalue weighted by atomic mass is 19.1. The Kier molecular flexibility index (Phi) is 3.74. The summed E-state index contributed by atoms with van der Waals surface area (Å²) in [5.41, 5.74) is 9.59. The normalized spacial score (nSPS) is 10.5. The van der Waals surface area contributed by atoms with E-state index in [1.165, 1.54) is 6.07 Å². The molecule has 0 saturated heterocycles. The van der Waals surface area contributed by atoms with Gasteiger partial charge in [0.15, 0.2) is 11.6 Å². The molecule has 0 aliphatic carbocycles. The van der Waals surface area contributed by atoms with Crippen LogP contribution in [0.3, 0.4) is 0 Å². The lowest BCUT2D eigenvalue weighted by molar-refractivity contribution is 0.321. The molecule has 1 aromatic rings. The molecule has 0 spiro atoms. The van der Waals surface area contributed by atoms with Gasteiger partial charge in [-0.2, -0.15) is 0 Å². The Labute approximate surface area is 88.8 Å². The first-order valence-corrected chi connectivity index (χ1v) is 4.70. The summed E-state index contributed by atoms with van der Waals surface area (Å²) >= 11 is 0. The zero-order chi connectivity index (χ0) is 11.4. The molecule has 0 aliphatic rings. The third kappa shape index (κ3) is 2.99. The highest BCUT2D eigenvalue weighted by Gasteiger charge is 2.08. The minimum Gasteiger partial charge on any atom is -0.491 e. The van der Waals surface area contributed by atoms with Crippen molar-refractivity contribution in [2.45, 2.75) is 6.92 Å². The van der Waals surface area contributed by atoms with E-state index in [-0.39, 0.29) is 5.75 Å². The standard InChI is InChI=1S/C10H16FN3O/c1-4-15-10-6-9(13-14(2)3)8(12)5-7(10)11/h5-6,13H,4,12H2,1-3H3. The predicted octanol–water partition coefficient (Wildman–Crippen LogP) is 1.70. The van der Waals surface area contributed by atoms with Crippen LogP contribution in [-0.2, 0) is 0 Å². The van der Waals surface area contributed by atoms with Crippen LogP contribution in [0.5, 0.6) is 5.75 Å². The van der Waals surface area contributed by atoms with E-state index in [0.29, 0.717) is 18.0 Å². The van der Waals surface area contributed by atoms with Crippen LogP contribution in [0.2, 0.25) is 0 Å². The fraction of sp³-hybridized carbons (Fsp3) is 0.400. The van der Waals surface area contributed by atoms with Gasteiger partial charge in [-0.25, -0.2) is 9.40 Å². The average Bonchev–Trinajstić information content (AvgIpc) is 2.12. The third-order valence-corrected chi connectivity index (χ3v) is 1.75. The fourth-order valence-electron chi connectivity index (χ4n) is 1.17. The second kappa shape index (κ2) is 4.84. The number of anilines is 2. The van der Waals surface area contributed by atoms with Gasteiger partial charge in [0.25, 0.3) is 0 Å². The van der Waals surface area contributed by atoms with Crippen LogP contribution in [0.1, 0.15) is 6.92 Å². The maximum atomic E-state index is 13.3. The molecule has 0 amide bonds.